The van der Waals surface area contributed by atoms with Crippen LogP contribution in [0.15, 0.2) is 47.7 Å². The van der Waals surface area contributed by atoms with Gasteiger partial charge in [0, 0.05) is 20.3 Å². The van der Waals surface area contributed by atoms with Crippen LogP contribution in [-0.4, -0.2) is 59.6 Å². The van der Waals surface area contributed by atoms with E-state index >= 15 is 0 Å². The van der Waals surface area contributed by atoms with Gasteiger partial charge >= 0.3 is 0 Å². The number of aryl methyl sites for hydroxylation is 1. The fourth-order valence-corrected chi connectivity index (χ4v) is 2.87. The van der Waals surface area contributed by atoms with Gasteiger partial charge in [0.15, 0.2) is 18.1 Å². The van der Waals surface area contributed by atoms with E-state index in [0.29, 0.717) is 40.7 Å². The van der Waals surface area contributed by atoms with Crippen LogP contribution in [0.5, 0.6) is 11.5 Å². The van der Waals surface area contributed by atoms with E-state index in [-0.39, 0.29) is 18.4 Å². The minimum Gasteiger partial charge on any atom is -0.490 e. The molecule has 0 fully saturated rings. The molecule has 1 aromatic carbocycles. The van der Waals surface area contributed by atoms with Crippen LogP contribution in [0, 0.1) is 6.92 Å². The van der Waals surface area contributed by atoms with Gasteiger partial charge in [0.25, 0.3) is 11.8 Å². The summed E-state index contributed by atoms with van der Waals surface area (Å²) in [7, 11) is 3.33. The van der Waals surface area contributed by atoms with E-state index < -0.39 is 0 Å². The van der Waals surface area contributed by atoms with E-state index in [1.54, 1.807) is 49.8 Å². The van der Waals surface area contributed by atoms with Crippen LogP contribution >= 0.6 is 0 Å². The van der Waals surface area contributed by atoms with Gasteiger partial charge in [-0.05, 0) is 49.7 Å². The number of nitrogens with zero attached hydrogens (tertiary/aromatic N) is 4. The number of aromatic nitrogens is 2. The number of nitrogens with one attached hydrogen (secondary N) is 1. The van der Waals surface area contributed by atoms with E-state index in [1.165, 1.54) is 11.1 Å². The number of fused-ring (bicyclic) bond motifs is 1. The number of pyridine rings is 1. The number of hydrogen-bond donors (Lipinski definition) is 1. The highest BCUT2D eigenvalue weighted by Crippen LogP contribution is 2.28. The lowest BCUT2D eigenvalue weighted by Gasteiger charge is -2.14. The second kappa shape index (κ2) is 9.75. The maximum Gasteiger partial charge on any atom is 0.290 e. The quantitative estimate of drug-likeness (QED) is 0.443. The summed E-state index contributed by atoms with van der Waals surface area (Å²) in [6.45, 7) is 3.98. The number of imidazole rings is 1. The number of hydrazone groups is 1. The topological polar surface area (TPSA) is 97.5 Å². The molecule has 9 nitrogen and oxygen atoms in total. The lowest BCUT2D eigenvalue weighted by molar-refractivity contribution is -0.130. The van der Waals surface area contributed by atoms with Crippen molar-refractivity contribution >= 4 is 23.7 Å². The van der Waals surface area contributed by atoms with Crippen molar-refractivity contribution in [3.63, 3.8) is 0 Å². The predicted octanol–water partition coefficient (Wildman–Crippen LogP) is 2.27. The first-order valence-electron chi connectivity index (χ1n) is 9.77. The fraction of sp³-hybridized carbons (Fsp3) is 0.273. The highest BCUT2D eigenvalue weighted by Gasteiger charge is 2.15. The molecule has 2 amide bonds. The number of likely N-dealkylation sites (N-methyl/N-ethyl adjacent to an activating group) is 1. The Balaban J connectivity index is 1.71. The Morgan fingerprint density at radius 3 is 2.74 bits per heavy atom. The van der Waals surface area contributed by atoms with Crippen LogP contribution in [0.2, 0.25) is 0 Å². The Morgan fingerprint density at radius 1 is 1.19 bits per heavy atom. The number of benzene rings is 1. The van der Waals surface area contributed by atoms with E-state index in [2.05, 4.69) is 15.5 Å². The summed E-state index contributed by atoms with van der Waals surface area (Å²) in [5, 5.41) is 4.05. The van der Waals surface area contributed by atoms with E-state index in [9.17, 15) is 9.59 Å². The van der Waals surface area contributed by atoms with Crippen molar-refractivity contribution in [2.24, 2.45) is 5.10 Å². The van der Waals surface area contributed by atoms with E-state index in [1.807, 2.05) is 25.1 Å². The number of hydrogen-bond acceptors (Lipinski definition) is 6. The van der Waals surface area contributed by atoms with Crippen molar-refractivity contribution in [2.45, 2.75) is 13.8 Å². The average Bonchev–Trinajstić information content (AvgIpc) is 3.08. The van der Waals surface area contributed by atoms with Crippen molar-refractivity contribution in [1.82, 2.24) is 19.7 Å². The Labute approximate surface area is 180 Å². The largest absolute Gasteiger partial charge is 0.490 e. The van der Waals surface area contributed by atoms with Gasteiger partial charge < -0.3 is 14.4 Å². The van der Waals surface area contributed by atoms with Crippen LogP contribution in [0.1, 0.15) is 28.7 Å². The fourth-order valence-electron chi connectivity index (χ4n) is 2.87. The lowest BCUT2D eigenvalue weighted by Crippen LogP contribution is -2.27. The normalized spacial score (nSPS) is 11.0. The van der Waals surface area contributed by atoms with Crippen LogP contribution in [0.25, 0.3) is 5.65 Å². The molecule has 0 bridgehead atoms. The third-order valence-electron chi connectivity index (χ3n) is 4.42. The summed E-state index contributed by atoms with van der Waals surface area (Å²) in [4.78, 5) is 30.2. The van der Waals surface area contributed by atoms with Crippen molar-refractivity contribution in [3.05, 3.63) is 59.5 Å². The van der Waals surface area contributed by atoms with Crippen LogP contribution in [-0.2, 0) is 4.79 Å². The number of rotatable bonds is 8. The first-order valence-corrected chi connectivity index (χ1v) is 9.77. The number of carbonyl (C=O) groups is 2. The molecule has 0 atom stereocenters. The minimum atomic E-state index is -0.361. The first-order chi connectivity index (χ1) is 14.9. The molecular weight excluding hydrogens is 398 g/mol. The highest BCUT2D eigenvalue weighted by atomic mass is 16.5. The standard InChI is InChI=1S/C22H25N5O4/c1-5-30-18-12-16(9-10-17(18)31-14-20(28)26(3)4)13-23-25-22(29)21-15(2)24-19-8-6-7-11-27(19)21/h6-13H,5,14H2,1-4H3,(H,25,29)/b23-13-. The molecule has 0 saturated carbocycles. The summed E-state index contributed by atoms with van der Waals surface area (Å²) >= 11 is 0. The second-order valence-corrected chi connectivity index (χ2v) is 6.89. The van der Waals surface area contributed by atoms with Crippen LogP contribution in [0.3, 0.4) is 0 Å². The van der Waals surface area contributed by atoms with Gasteiger partial charge in [0.05, 0.1) is 18.5 Å². The molecule has 2 aromatic heterocycles. The molecule has 0 aliphatic heterocycles. The van der Waals surface area contributed by atoms with Gasteiger partial charge in [-0.3, -0.25) is 14.0 Å². The average molecular weight is 423 g/mol. The van der Waals surface area contributed by atoms with Gasteiger partial charge in [-0.2, -0.15) is 5.10 Å². The Hall–Kier alpha value is -3.88. The SMILES string of the molecule is CCOc1cc(/C=N\NC(=O)c2c(C)nc3ccccn23)ccc1OCC(=O)N(C)C. The van der Waals surface area contributed by atoms with Crippen LogP contribution < -0.4 is 14.9 Å². The molecule has 0 saturated heterocycles. The molecule has 2 heterocycles. The Morgan fingerprint density at radius 2 is 2.00 bits per heavy atom. The van der Waals surface area contributed by atoms with Crippen molar-refractivity contribution in [1.29, 1.82) is 0 Å². The molecule has 0 unspecified atom stereocenters. The van der Waals surface area contributed by atoms with Gasteiger partial charge in [-0.25, -0.2) is 10.4 Å². The molecule has 0 radical (unpaired) electrons. The maximum atomic E-state index is 12.6. The molecule has 3 aromatic rings. The summed E-state index contributed by atoms with van der Waals surface area (Å²) in [6.07, 6.45) is 3.29. The summed E-state index contributed by atoms with van der Waals surface area (Å²) in [6, 6.07) is 10.7. The molecule has 0 aliphatic rings. The predicted molar refractivity (Wildman–Crippen MR) is 117 cm³/mol. The molecule has 1 N–H and O–H groups in total. The third kappa shape index (κ3) is 5.19. The lowest BCUT2D eigenvalue weighted by atomic mass is 10.2. The van der Waals surface area contributed by atoms with Gasteiger partial charge in [-0.1, -0.05) is 6.07 Å². The van der Waals surface area contributed by atoms with E-state index in [0.717, 1.165) is 0 Å². The van der Waals surface area contributed by atoms with Crippen molar-refractivity contribution < 1.29 is 19.1 Å². The third-order valence-corrected chi connectivity index (χ3v) is 4.42. The van der Waals surface area contributed by atoms with Crippen molar-refractivity contribution in [2.75, 3.05) is 27.3 Å². The second-order valence-electron chi connectivity index (χ2n) is 6.89. The Bertz CT molecular complexity index is 1120. The molecule has 9 heteroatoms. The number of amides is 2. The van der Waals surface area contributed by atoms with Gasteiger partial charge in [0.1, 0.15) is 11.3 Å². The smallest absolute Gasteiger partial charge is 0.290 e. The van der Waals surface area contributed by atoms with Crippen molar-refractivity contribution in [3.8, 4) is 11.5 Å². The molecule has 0 spiro atoms. The van der Waals surface area contributed by atoms with E-state index in [4.69, 9.17) is 9.47 Å². The zero-order chi connectivity index (χ0) is 22.4. The summed E-state index contributed by atoms with van der Waals surface area (Å²) in [5.41, 5.74) is 4.97. The van der Waals surface area contributed by atoms with Gasteiger partial charge in [0.2, 0.25) is 0 Å². The van der Waals surface area contributed by atoms with Gasteiger partial charge in [-0.15, -0.1) is 0 Å². The number of ether oxygens (including phenoxy) is 2. The molecule has 31 heavy (non-hydrogen) atoms. The van der Waals surface area contributed by atoms with Crippen LogP contribution in [0.4, 0.5) is 0 Å². The zero-order valence-electron chi connectivity index (χ0n) is 18.0. The molecule has 162 valence electrons. The maximum absolute atomic E-state index is 12.6. The first kappa shape index (κ1) is 21.8. The number of carbonyl (C=O) groups excluding carboxylic acids is 2. The highest BCUT2D eigenvalue weighted by molar-refractivity contribution is 5.95. The zero-order valence-corrected chi connectivity index (χ0v) is 18.0. The minimum absolute atomic E-state index is 0.0881. The molecule has 0 aliphatic carbocycles. The molecular formula is C22H25N5O4. The molecule has 3 rings (SSSR count). The summed E-state index contributed by atoms with van der Waals surface area (Å²) < 4.78 is 12.9. The monoisotopic (exact) mass is 423 g/mol. The summed E-state index contributed by atoms with van der Waals surface area (Å²) in [5.74, 6) is 0.430. The Kier molecular flexibility index (Phi) is 6.86.